The maximum absolute atomic E-state index is 12.8. The van der Waals surface area contributed by atoms with Crippen molar-refractivity contribution in [2.45, 2.75) is 32.9 Å². The molecule has 1 aliphatic rings. The Morgan fingerprint density at radius 3 is 2.83 bits per heavy atom. The first-order chi connectivity index (χ1) is 11.2. The molecule has 0 aliphatic carbocycles. The molecule has 1 aromatic heterocycles. The first-order valence-electron chi connectivity index (χ1n) is 8.30. The molecule has 1 fully saturated rings. The van der Waals surface area contributed by atoms with E-state index in [9.17, 15) is 4.79 Å². The molecule has 1 aliphatic heterocycles. The summed E-state index contributed by atoms with van der Waals surface area (Å²) in [5.74, 6) is 0.106. The highest BCUT2D eigenvalue weighted by molar-refractivity contribution is 5.95. The minimum Gasteiger partial charge on any atom is -0.336 e. The summed E-state index contributed by atoms with van der Waals surface area (Å²) < 4.78 is 1.95. The van der Waals surface area contributed by atoms with Crippen LogP contribution < -0.4 is 5.32 Å². The SMILES string of the molecule is CCc1c(C(=O)N2CCN[C@@H](C)C2)cnn1Cc1ccccc1. The lowest BCUT2D eigenvalue weighted by Gasteiger charge is -2.31. The third-order valence-electron chi connectivity index (χ3n) is 4.35. The molecule has 5 nitrogen and oxygen atoms in total. The Kier molecular flexibility index (Phi) is 4.76. The van der Waals surface area contributed by atoms with Crippen LogP contribution in [0.4, 0.5) is 0 Å². The second-order valence-electron chi connectivity index (χ2n) is 6.11. The molecule has 5 heteroatoms. The van der Waals surface area contributed by atoms with Crippen LogP contribution >= 0.6 is 0 Å². The first kappa shape index (κ1) is 15.7. The molecule has 0 spiro atoms. The zero-order chi connectivity index (χ0) is 16.2. The average Bonchev–Trinajstić information content (AvgIpc) is 2.97. The van der Waals surface area contributed by atoms with E-state index in [1.807, 2.05) is 27.8 Å². The predicted molar refractivity (Wildman–Crippen MR) is 90.5 cm³/mol. The van der Waals surface area contributed by atoms with Crippen LogP contribution in [0.3, 0.4) is 0 Å². The van der Waals surface area contributed by atoms with Crippen molar-refractivity contribution in [3.63, 3.8) is 0 Å². The zero-order valence-electron chi connectivity index (χ0n) is 13.8. The summed E-state index contributed by atoms with van der Waals surface area (Å²) in [7, 11) is 0. The third-order valence-corrected chi connectivity index (χ3v) is 4.35. The van der Waals surface area contributed by atoms with Gasteiger partial charge in [-0.25, -0.2) is 0 Å². The van der Waals surface area contributed by atoms with E-state index in [4.69, 9.17) is 0 Å². The fourth-order valence-electron chi connectivity index (χ4n) is 3.14. The molecule has 1 amide bonds. The molecule has 0 radical (unpaired) electrons. The summed E-state index contributed by atoms with van der Waals surface area (Å²) in [6.07, 6.45) is 2.53. The van der Waals surface area contributed by atoms with Crippen LogP contribution in [-0.4, -0.2) is 46.3 Å². The fourth-order valence-corrected chi connectivity index (χ4v) is 3.14. The molecule has 2 aromatic rings. The van der Waals surface area contributed by atoms with Gasteiger partial charge in [0.05, 0.1) is 24.0 Å². The molecule has 0 unspecified atom stereocenters. The monoisotopic (exact) mass is 312 g/mol. The molecule has 1 saturated heterocycles. The number of aromatic nitrogens is 2. The zero-order valence-corrected chi connectivity index (χ0v) is 13.8. The molecule has 1 N–H and O–H groups in total. The first-order valence-corrected chi connectivity index (χ1v) is 8.30. The van der Waals surface area contributed by atoms with E-state index >= 15 is 0 Å². The average molecular weight is 312 g/mol. The van der Waals surface area contributed by atoms with Gasteiger partial charge in [-0.2, -0.15) is 5.10 Å². The van der Waals surface area contributed by atoms with E-state index in [2.05, 4.69) is 36.4 Å². The summed E-state index contributed by atoms with van der Waals surface area (Å²) in [5.41, 5.74) is 2.96. The summed E-state index contributed by atoms with van der Waals surface area (Å²) in [5, 5.41) is 7.84. The van der Waals surface area contributed by atoms with Crippen molar-refractivity contribution in [3.8, 4) is 0 Å². The van der Waals surface area contributed by atoms with Crippen LogP contribution in [0.25, 0.3) is 0 Å². The Morgan fingerprint density at radius 2 is 2.13 bits per heavy atom. The lowest BCUT2D eigenvalue weighted by Crippen LogP contribution is -2.51. The van der Waals surface area contributed by atoms with Crippen molar-refractivity contribution in [3.05, 3.63) is 53.3 Å². The lowest BCUT2D eigenvalue weighted by molar-refractivity contribution is 0.0708. The summed E-state index contributed by atoms with van der Waals surface area (Å²) in [6.45, 7) is 7.26. The Balaban J connectivity index is 1.81. The van der Waals surface area contributed by atoms with Gasteiger partial charge in [-0.15, -0.1) is 0 Å². The van der Waals surface area contributed by atoms with Gasteiger partial charge in [0.15, 0.2) is 0 Å². The Bertz CT molecular complexity index is 665. The largest absolute Gasteiger partial charge is 0.336 e. The van der Waals surface area contributed by atoms with E-state index < -0.39 is 0 Å². The highest BCUT2D eigenvalue weighted by Crippen LogP contribution is 2.15. The molecule has 1 aromatic carbocycles. The molecule has 23 heavy (non-hydrogen) atoms. The second kappa shape index (κ2) is 6.96. The minimum atomic E-state index is 0.106. The predicted octanol–water partition coefficient (Wildman–Crippen LogP) is 1.93. The van der Waals surface area contributed by atoms with E-state index in [1.165, 1.54) is 5.56 Å². The van der Waals surface area contributed by atoms with Crippen molar-refractivity contribution < 1.29 is 4.79 Å². The summed E-state index contributed by atoms with van der Waals surface area (Å²) in [6, 6.07) is 10.6. The van der Waals surface area contributed by atoms with Crippen molar-refractivity contribution >= 4 is 5.91 Å². The van der Waals surface area contributed by atoms with Crippen LogP contribution in [0.15, 0.2) is 36.5 Å². The van der Waals surface area contributed by atoms with Crippen molar-refractivity contribution in [1.82, 2.24) is 20.0 Å². The molecular weight excluding hydrogens is 288 g/mol. The van der Waals surface area contributed by atoms with Crippen molar-refractivity contribution in [2.75, 3.05) is 19.6 Å². The number of nitrogens with zero attached hydrogens (tertiary/aromatic N) is 3. The summed E-state index contributed by atoms with van der Waals surface area (Å²) in [4.78, 5) is 14.8. The van der Waals surface area contributed by atoms with Gasteiger partial charge in [-0.1, -0.05) is 37.3 Å². The molecule has 1 atom stereocenters. The van der Waals surface area contributed by atoms with Crippen LogP contribution in [0.1, 0.15) is 35.5 Å². The van der Waals surface area contributed by atoms with Gasteiger partial charge in [0.1, 0.15) is 0 Å². The Hall–Kier alpha value is -2.14. The summed E-state index contributed by atoms with van der Waals surface area (Å²) >= 11 is 0. The van der Waals surface area contributed by atoms with E-state index in [-0.39, 0.29) is 5.91 Å². The number of benzene rings is 1. The standard InChI is InChI=1S/C18H24N4O/c1-3-17-16(18(23)21-10-9-19-14(2)12-21)11-20-22(17)13-15-7-5-4-6-8-15/h4-8,11,14,19H,3,9-10,12-13H2,1-2H3/t14-/m0/s1. The smallest absolute Gasteiger partial charge is 0.257 e. The number of carbonyl (C=O) groups is 1. The number of carbonyl (C=O) groups excluding carboxylic acids is 1. The van der Waals surface area contributed by atoms with Gasteiger partial charge >= 0.3 is 0 Å². The van der Waals surface area contributed by atoms with Gasteiger partial charge in [0, 0.05) is 25.7 Å². The Labute approximate surface area is 137 Å². The van der Waals surface area contributed by atoms with E-state index in [0.717, 1.165) is 37.3 Å². The number of piperazine rings is 1. The Morgan fingerprint density at radius 1 is 1.35 bits per heavy atom. The quantitative estimate of drug-likeness (QED) is 0.938. The molecular formula is C18H24N4O. The highest BCUT2D eigenvalue weighted by atomic mass is 16.2. The maximum Gasteiger partial charge on any atom is 0.257 e. The molecule has 3 rings (SSSR count). The van der Waals surface area contributed by atoms with E-state index in [1.54, 1.807) is 6.20 Å². The fraction of sp³-hybridized carbons (Fsp3) is 0.444. The van der Waals surface area contributed by atoms with Gasteiger partial charge < -0.3 is 10.2 Å². The number of amides is 1. The number of hydrogen-bond acceptors (Lipinski definition) is 3. The third kappa shape index (κ3) is 3.45. The number of nitrogens with one attached hydrogen (secondary N) is 1. The molecule has 2 heterocycles. The number of hydrogen-bond donors (Lipinski definition) is 1. The highest BCUT2D eigenvalue weighted by Gasteiger charge is 2.25. The molecule has 0 bridgehead atoms. The number of rotatable bonds is 4. The van der Waals surface area contributed by atoms with Gasteiger partial charge in [0.2, 0.25) is 0 Å². The van der Waals surface area contributed by atoms with Gasteiger partial charge in [-0.05, 0) is 18.9 Å². The minimum absolute atomic E-state index is 0.106. The van der Waals surface area contributed by atoms with Crippen LogP contribution in [0.2, 0.25) is 0 Å². The lowest BCUT2D eigenvalue weighted by atomic mass is 10.1. The van der Waals surface area contributed by atoms with Crippen LogP contribution in [-0.2, 0) is 13.0 Å². The topological polar surface area (TPSA) is 50.2 Å². The van der Waals surface area contributed by atoms with E-state index in [0.29, 0.717) is 12.6 Å². The molecule has 0 saturated carbocycles. The maximum atomic E-state index is 12.8. The van der Waals surface area contributed by atoms with Crippen molar-refractivity contribution in [2.24, 2.45) is 0 Å². The van der Waals surface area contributed by atoms with Gasteiger partial charge in [0.25, 0.3) is 5.91 Å². The normalized spacial score (nSPS) is 18.2. The van der Waals surface area contributed by atoms with Crippen molar-refractivity contribution in [1.29, 1.82) is 0 Å². The van der Waals surface area contributed by atoms with Gasteiger partial charge in [-0.3, -0.25) is 9.48 Å². The molecule has 122 valence electrons. The second-order valence-corrected chi connectivity index (χ2v) is 6.11. The van der Waals surface area contributed by atoms with Crippen LogP contribution in [0.5, 0.6) is 0 Å². The van der Waals surface area contributed by atoms with Crippen LogP contribution in [0, 0.1) is 0 Å².